The van der Waals surface area contributed by atoms with Gasteiger partial charge in [-0.3, -0.25) is 4.79 Å². The molecule has 0 fully saturated rings. The van der Waals surface area contributed by atoms with Gasteiger partial charge in [0.2, 0.25) is 10.0 Å². The second kappa shape index (κ2) is 8.42. The molecule has 1 amide bonds. The van der Waals surface area contributed by atoms with E-state index in [0.717, 1.165) is 10.0 Å². The lowest BCUT2D eigenvalue weighted by Gasteiger charge is -2.17. The summed E-state index contributed by atoms with van der Waals surface area (Å²) in [4.78, 5) is 14.2. The molecule has 0 spiro atoms. The second-order valence-corrected chi connectivity index (χ2v) is 8.14. The minimum absolute atomic E-state index is 0.112. The smallest absolute Gasteiger partial charge is 0.253 e. The minimum Gasteiger partial charge on any atom is -0.337 e. The summed E-state index contributed by atoms with van der Waals surface area (Å²) < 4.78 is 27.4. The van der Waals surface area contributed by atoms with Crippen LogP contribution in [0.5, 0.6) is 0 Å². The first-order valence-corrected chi connectivity index (χ1v) is 9.81. The normalized spacial score (nSPS) is 11.1. The van der Waals surface area contributed by atoms with Crippen molar-refractivity contribution in [3.8, 4) is 0 Å². The van der Waals surface area contributed by atoms with Crippen LogP contribution in [0.25, 0.3) is 0 Å². The van der Waals surface area contributed by atoms with Crippen molar-refractivity contribution in [3.05, 3.63) is 76.8 Å². The van der Waals surface area contributed by atoms with Crippen molar-refractivity contribution in [1.82, 2.24) is 9.62 Å². The molecule has 1 N–H and O–H groups in total. The molecule has 25 heavy (non-hydrogen) atoms. The molecule has 0 aliphatic heterocycles. The van der Waals surface area contributed by atoms with Gasteiger partial charge in [-0.25, -0.2) is 13.1 Å². The summed E-state index contributed by atoms with van der Waals surface area (Å²) in [6.45, 7) is 4.09. The van der Waals surface area contributed by atoms with Crippen LogP contribution in [0.4, 0.5) is 0 Å². The second-order valence-electron chi connectivity index (χ2n) is 5.45. The summed E-state index contributed by atoms with van der Waals surface area (Å²) in [5, 5.41) is 0. The SMILES string of the molecule is C=CCNS(=O)(=O)c1ccc(C(=O)N(C)Cc2ccc(Br)cc2)cc1. The first-order chi connectivity index (χ1) is 11.8. The molecule has 0 aliphatic rings. The average Bonchev–Trinajstić information content (AvgIpc) is 2.61. The van der Waals surface area contributed by atoms with Gasteiger partial charge in [-0.2, -0.15) is 0 Å². The fourth-order valence-electron chi connectivity index (χ4n) is 2.18. The Kier molecular flexibility index (Phi) is 6.52. The van der Waals surface area contributed by atoms with Crippen LogP contribution in [0, 0.1) is 0 Å². The highest BCUT2D eigenvalue weighted by molar-refractivity contribution is 9.10. The van der Waals surface area contributed by atoms with Crippen LogP contribution in [0.2, 0.25) is 0 Å². The third kappa shape index (κ3) is 5.26. The largest absolute Gasteiger partial charge is 0.337 e. The summed E-state index contributed by atoms with van der Waals surface area (Å²) in [6.07, 6.45) is 1.46. The fourth-order valence-corrected chi connectivity index (χ4v) is 3.45. The predicted molar refractivity (Wildman–Crippen MR) is 102 cm³/mol. The molecule has 0 radical (unpaired) electrons. The number of halogens is 1. The maximum absolute atomic E-state index is 12.5. The number of rotatable bonds is 7. The molecule has 7 heteroatoms. The molecule has 0 saturated carbocycles. The van der Waals surface area contributed by atoms with E-state index >= 15 is 0 Å². The lowest BCUT2D eigenvalue weighted by atomic mass is 10.1. The highest BCUT2D eigenvalue weighted by Crippen LogP contribution is 2.15. The van der Waals surface area contributed by atoms with Crippen LogP contribution < -0.4 is 4.72 Å². The summed E-state index contributed by atoms with van der Waals surface area (Å²) in [5.74, 6) is -0.175. The number of nitrogens with zero attached hydrogens (tertiary/aromatic N) is 1. The topological polar surface area (TPSA) is 66.5 Å². The van der Waals surface area contributed by atoms with E-state index in [1.165, 1.54) is 30.3 Å². The molecule has 0 unspecified atom stereocenters. The zero-order valence-electron chi connectivity index (χ0n) is 13.8. The standard InChI is InChI=1S/C18H19BrN2O3S/c1-3-12-20-25(23,24)17-10-6-15(7-11-17)18(22)21(2)13-14-4-8-16(19)9-5-14/h3-11,20H,1,12-13H2,2H3. The number of benzene rings is 2. The van der Waals surface area contributed by atoms with Gasteiger partial charge in [-0.15, -0.1) is 6.58 Å². The van der Waals surface area contributed by atoms with E-state index in [1.54, 1.807) is 11.9 Å². The molecule has 132 valence electrons. The van der Waals surface area contributed by atoms with Crippen molar-refractivity contribution in [2.75, 3.05) is 13.6 Å². The summed E-state index contributed by atoms with van der Waals surface area (Å²) in [7, 11) is -1.88. The molecule has 0 bridgehead atoms. The van der Waals surface area contributed by atoms with Gasteiger partial charge < -0.3 is 4.90 Å². The molecule has 2 rings (SSSR count). The van der Waals surface area contributed by atoms with E-state index in [9.17, 15) is 13.2 Å². The Hall–Kier alpha value is -1.96. The maximum atomic E-state index is 12.5. The lowest BCUT2D eigenvalue weighted by molar-refractivity contribution is 0.0785. The van der Waals surface area contributed by atoms with Gasteiger partial charge in [0.15, 0.2) is 0 Å². The molecule has 0 saturated heterocycles. The minimum atomic E-state index is -3.59. The monoisotopic (exact) mass is 422 g/mol. The van der Waals surface area contributed by atoms with E-state index in [2.05, 4.69) is 27.2 Å². The number of sulfonamides is 1. The Labute approximate surface area is 156 Å². The Morgan fingerprint density at radius 1 is 1.16 bits per heavy atom. The van der Waals surface area contributed by atoms with Gasteiger partial charge in [-0.1, -0.05) is 34.1 Å². The van der Waals surface area contributed by atoms with Crippen LogP contribution in [-0.2, 0) is 16.6 Å². The van der Waals surface area contributed by atoms with E-state index in [4.69, 9.17) is 0 Å². The van der Waals surface area contributed by atoms with Crippen molar-refractivity contribution in [1.29, 1.82) is 0 Å². The first kappa shape index (κ1) is 19.4. The highest BCUT2D eigenvalue weighted by Gasteiger charge is 2.16. The van der Waals surface area contributed by atoms with Crippen molar-refractivity contribution < 1.29 is 13.2 Å². The molecule has 2 aromatic carbocycles. The summed E-state index contributed by atoms with van der Waals surface area (Å²) in [5.41, 5.74) is 1.44. The molecule has 5 nitrogen and oxygen atoms in total. The number of nitrogens with one attached hydrogen (secondary N) is 1. The maximum Gasteiger partial charge on any atom is 0.253 e. The number of hydrogen-bond donors (Lipinski definition) is 1. The Bertz CT molecular complexity index is 847. The molecule has 2 aromatic rings. The van der Waals surface area contributed by atoms with Gasteiger partial charge in [0.25, 0.3) is 5.91 Å². The van der Waals surface area contributed by atoms with E-state index in [-0.39, 0.29) is 17.3 Å². The van der Waals surface area contributed by atoms with E-state index in [1.807, 2.05) is 24.3 Å². The van der Waals surface area contributed by atoms with Crippen LogP contribution in [0.15, 0.2) is 70.6 Å². The zero-order valence-corrected chi connectivity index (χ0v) is 16.2. The van der Waals surface area contributed by atoms with Crippen LogP contribution in [0.1, 0.15) is 15.9 Å². The van der Waals surface area contributed by atoms with Gasteiger partial charge >= 0.3 is 0 Å². The molecule has 0 aromatic heterocycles. The van der Waals surface area contributed by atoms with Crippen LogP contribution in [0.3, 0.4) is 0 Å². The van der Waals surface area contributed by atoms with Crippen molar-refractivity contribution in [2.24, 2.45) is 0 Å². The molecule has 0 heterocycles. The lowest BCUT2D eigenvalue weighted by Crippen LogP contribution is -2.26. The molecular weight excluding hydrogens is 404 g/mol. The third-order valence-corrected chi connectivity index (χ3v) is 5.48. The average molecular weight is 423 g/mol. The van der Waals surface area contributed by atoms with E-state index in [0.29, 0.717) is 12.1 Å². The van der Waals surface area contributed by atoms with Gasteiger partial charge in [0, 0.05) is 30.2 Å². The number of hydrogen-bond acceptors (Lipinski definition) is 3. The number of amides is 1. The Morgan fingerprint density at radius 3 is 2.32 bits per heavy atom. The Morgan fingerprint density at radius 2 is 1.76 bits per heavy atom. The van der Waals surface area contributed by atoms with Crippen LogP contribution >= 0.6 is 15.9 Å². The van der Waals surface area contributed by atoms with Gasteiger partial charge in [0.1, 0.15) is 0 Å². The molecule has 0 atom stereocenters. The van der Waals surface area contributed by atoms with Gasteiger partial charge in [0.05, 0.1) is 4.90 Å². The van der Waals surface area contributed by atoms with Gasteiger partial charge in [-0.05, 0) is 42.0 Å². The van der Waals surface area contributed by atoms with Crippen molar-refractivity contribution in [3.63, 3.8) is 0 Å². The first-order valence-electron chi connectivity index (χ1n) is 7.54. The summed E-state index contributed by atoms with van der Waals surface area (Å²) in [6, 6.07) is 13.6. The van der Waals surface area contributed by atoms with E-state index < -0.39 is 10.0 Å². The number of carbonyl (C=O) groups excluding carboxylic acids is 1. The molecular formula is C18H19BrN2O3S. The predicted octanol–water partition coefficient (Wildman–Crippen LogP) is 3.19. The quantitative estimate of drug-likeness (QED) is 0.696. The van der Waals surface area contributed by atoms with Crippen molar-refractivity contribution in [2.45, 2.75) is 11.4 Å². The third-order valence-electron chi connectivity index (χ3n) is 3.51. The fraction of sp³-hybridized carbons (Fsp3) is 0.167. The molecule has 0 aliphatic carbocycles. The van der Waals surface area contributed by atoms with Crippen LogP contribution in [-0.4, -0.2) is 32.8 Å². The van der Waals surface area contributed by atoms with Crippen molar-refractivity contribution >= 4 is 31.9 Å². The Balaban J connectivity index is 2.09. The highest BCUT2D eigenvalue weighted by atomic mass is 79.9. The number of carbonyl (C=O) groups is 1. The zero-order chi connectivity index (χ0) is 18.4. The summed E-state index contributed by atoms with van der Waals surface area (Å²) >= 11 is 3.38.